The van der Waals surface area contributed by atoms with Crippen LogP contribution in [0.5, 0.6) is 0 Å². The van der Waals surface area contributed by atoms with Gasteiger partial charge < -0.3 is 5.73 Å². The third kappa shape index (κ3) is 3.13. The maximum atomic E-state index is 12.4. The summed E-state index contributed by atoms with van der Waals surface area (Å²) in [6.45, 7) is 0. The first-order valence-electron chi connectivity index (χ1n) is 6.10. The maximum absolute atomic E-state index is 12.4. The zero-order chi connectivity index (χ0) is 13.2. The van der Waals surface area contributed by atoms with Gasteiger partial charge in [0.25, 0.3) is 0 Å². The Labute approximate surface area is 104 Å². The Balaban J connectivity index is 2.17. The van der Waals surface area contributed by atoms with Gasteiger partial charge in [0.15, 0.2) is 0 Å². The first kappa shape index (κ1) is 13.1. The standard InChI is InChI=1S/C14H16F3N/c15-14(16,17)12-7-5-10(6-8-12)9-11-3-1-2-4-13(11)18/h5-9,13H,1-4,18H2. The normalized spacial score (nSPS) is 23.3. The fourth-order valence-electron chi connectivity index (χ4n) is 2.23. The molecule has 0 bridgehead atoms. The zero-order valence-corrected chi connectivity index (χ0v) is 10.0. The van der Waals surface area contributed by atoms with Crippen molar-refractivity contribution in [3.63, 3.8) is 0 Å². The van der Waals surface area contributed by atoms with E-state index in [1.165, 1.54) is 12.1 Å². The van der Waals surface area contributed by atoms with Crippen LogP contribution in [-0.4, -0.2) is 6.04 Å². The fourth-order valence-corrected chi connectivity index (χ4v) is 2.23. The second kappa shape index (κ2) is 5.14. The molecule has 0 saturated heterocycles. The lowest BCUT2D eigenvalue weighted by Crippen LogP contribution is -2.25. The van der Waals surface area contributed by atoms with Crippen LogP contribution in [0.25, 0.3) is 6.08 Å². The van der Waals surface area contributed by atoms with Crippen molar-refractivity contribution < 1.29 is 13.2 Å². The number of hydrogen-bond donors (Lipinski definition) is 1. The molecule has 1 aromatic carbocycles. The van der Waals surface area contributed by atoms with Crippen LogP contribution in [0.1, 0.15) is 36.8 Å². The highest BCUT2D eigenvalue weighted by atomic mass is 19.4. The van der Waals surface area contributed by atoms with Crippen LogP contribution in [0.4, 0.5) is 13.2 Å². The van der Waals surface area contributed by atoms with Crippen LogP contribution < -0.4 is 5.73 Å². The van der Waals surface area contributed by atoms with Crippen LogP contribution in [0.3, 0.4) is 0 Å². The van der Waals surface area contributed by atoms with Crippen LogP contribution >= 0.6 is 0 Å². The Hall–Kier alpha value is -1.29. The van der Waals surface area contributed by atoms with E-state index >= 15 is 0 Å². The topological polar surface area (TPSA) is 26.0 Å². The minimum Gasteiger partial charge on any atom is -0.324 e. The molecule has 1 nitrogen and oxygen atoms in total. The lowest BCUT2D eigenvalue weighted by molar-refractivity contribution is -0.137. The molecule has 0 aromatic heterocycles. The van der Waals surface area contributed by atoms with Gasteiger partial charge in [0, 0.05) is 6.04 Å². The largest absolute Gasteiger partial charge is 0.416 e. The average molecular weight is 255 g/mol. The van der Waals surface area contributed by atoms with Crippen molar-refractivity contribution in [2.24, 2.45) is 5.73 Å². The van der Waals surface area contributed by atoms with E-state index in [4.69, 9.17) is 5.73 Å². The smallest absolute Gasteiger partial charge is 0.324 e. The van der Waals surface area contributed by atoms with Gasteiger partial charge in [-0.1, -0.05) is 30.2 Å². The molecule has 1 unspecified atom stereocenters. The molecular formula is C14H16F3N. The number of rotatable bonds is 1. The molecule has 1 saturated carbocycles. The molecule has 2 N–H and O–H groups in total. The first-order valence-corrected chi connectivity index (χ1v) is 6.10. The van der Waals surface area contributed by atoms with Crippen molar-refractivity contribution >= 4 is 6.08 Å². The molecule has 98 valence electrons. The van der Waals surface area contributed by atoms with Gasteiger partial charge in [0.1, 0.15) is 0 Å². The molecule has 18 heavy (non-hydrogen) atoms. The number of nitrogens with two attached hydrogens (primary N) is 1. The second-order valence-corrected chi connectivity index (χ2v) is 4.69. The van der Waals surface area contributed by atoms with Gasteiger partial charge in [0.2, 0.25) is 0 Å². The Morgan fingerprint density at radius 2 is 1.78 bits per heavy atom. The summed E-state index contributed by atoms with van der Waals surface area (Å²) in [7, 11) is 0. The summed E-state index contributed by atoms with van der Waals surface area (Å²) in [5, 5.41) is 0. The number of hydrogen-bond acceptors (Lipinski definition) is 1. The van der Waals surface area contributed by atoms with Crippen molar-refractivity contribution in [1.82, 2.24) is 0 Å². The van der Waals surface area contributed by atoms with Gasteiger partial charge in [-0.3, -0.25) is 0 Å². The predicted octanol–water partition coefficient (Wildman–Crippen LogP) is 3.99. The Morgan fingerprint density at radius 1 is 1.11 bits per heavy atom. The zero-order valence-electron chi connectivity index (χ0n) is 10.0. The summed E-state index contributed by atoms with van der Waals surface area (Å²) in [6.07, 6.45) is 1.80. The SMILES string of the molecule is NC1CCCCC1=Cc1ccc(C(F)(F)F)cc1. The predicted molar refractivity (Wildman–Crippen MR) is 65.9 cm³/mol. The van der Waals surface area contributed by atoms with Gasteiger partial charge in [-0.2, -0.15) is 13.2 Å². The van der Waals surface area contributed by atoms with Gasteiger partial charge in [0.05, 0.1) is 5.56 Å². The van der Waals surface area contributed by atoms with Crippen LogP contribution in [0.15, 0.2) is 29.8 Å². The van der Waals surface area contributed by atoms with E-state index in [2.05, 4.69) is 0 Å². The van der Waals surface area contributed by atoms with Gasteiger partial charge in [-0.15, -0.1) is 0 Å². The minimum atomic E-state index is -4.27. The van der Waals surface area contributed by atoms with Crippen molar-refractivity contribution in [3.8, 4) is 0 Å². The third-order valence-corrected chi connectivity index (χ3v) is 3.30. The summed E-state index contributed by atoms with van der Waals surface area (Å²) in [5.74, 6) is 0. The van der Waals surface area contributed by atoms with Gasteiger partial charge >= 0.3 is 6.18 Å². The Kier molecular flexibility index (Phi) is 3.76. The van der Waals surface area contributed by atoms with E-state index in [0.29, 0.717) is 0 Å². The lowest BCUT2D eigenvalue weighted by atomic mass is 9.89. The molecule has 1 atom stereocenters. The molecule has 4 heteroatoms. The molecule has 2 rings (SSSR count). The highest BCUT2D eigenvalue weighted by Crippen LogP contribution is 2.30. The molecular weight excluding hydrogens is 239 g/mol. The van der Waals surface area contributed by atoms with Gasteiger partial charge in [-0.05, 0) is 37.0 Å². The molecule has 1 fully saturated rings. The van der Waals surface area contributed by atoms with Crippen molar-refractivity contribution in [2.75, 3.05) is 0 Å². The summed E-state index contributed by atoms with van der Waals surface area (Å²) in [4.78, 5) is 0. The molecule has 0 heterocycles. The molecule has 0 aliphatic heterocycles. The highest BCUT2D eigenvalue weighted by Gasteiger charge is 2.29. The quantitative estimate of drug-likeness (QED) is 0.806. The maximum Gasteiger partial charge on any atom is 0.416 e. The number of alkyl halides is 3. The molecule has 0 amide bonds. The van der Waals surface area contributed by atoms with E-state index < -0.39 is 11.7 Å². The van der Waals surface area contributed by atoms with E-state index in [9.17, 15) is 13.2 Å². The van der Waals surface area contributed by atoms with E-state index in [-0.39, 0.29) is 6.04 Å². The van der Waals surface area contributed by atoms with E-state index in [1.807, 2.05) is 6.08 Å². The molecule has 1 aromatic rings. The lowest BCUT2D eigenvalue weighted by Gasteiger charge is -2.21. The second-order valence-electron chi connectivity index (χ2n) is 4.69. The van der Waals surface area contributed by atoms with Gasteiger partial charge in [-0.25, -0.2) is 0 Å². The highest BCUT2D eigenvalue weighted by molar-refractivity contribution is 5.55. The van der Waals surface area contributed by atoms with E-state index in [1.54, 1.807) is 0 Å². The molecule has 1 aliphatic carbocycles. The summed E-state index contributed by atoms with van der Waals surface area (Å²) in [5.41, 5.74) is 7.29. The Bertz CT molecular complexity index is 431. The summed E-state index contributed by atoms with van der Waals surface area (Å²) < 4.78 is 37.2. The van der Waals surface area contributed by atoms with Crippen LogP contribution in [0, 0.1) is 0 Å². The molecule has 0 spiro atoms. The summed E-state index contributed by atoms with van der Waals surface area (Å²) >= 11 is 0. The average Bonchev–Trinajstić information content (AvgIpc) is 2.32. The van der Waals surface area contributed by atoms with Crippen LogP contribution in [0.2, 0.25) is 0 Å². The molecule has 0 radical (unpaired) electrons. The summed E-state index contributed by atoms with van der Waals surface area (Å²) in [6, 6.07) is 5.27. The third-order valence-electron chi connectivity index (χ3n) is 3.30. The first-order chi connectivity index (χ1) is 8.47. The van der Waals surface area contributed by atoms with E-state index in [0.717, 1.165) is 49.0 Å². The van der Waals surface area contributed by atoms with Crippen molar-refractivity contribution in [2.45, 2.75) is 37.9 Å². The van der Waals surface area contributed by atoms with Crippen LogP contribution in [-0.2, 0) is 6.18 Å². The fraction of sp³-hybridized carbons (Fsp3) is 0.429. The number of halogens is 3. The number of benzene rings is 1. The van der Waals surface area contributed by atoms with Crippen molar-refractivity contribution in [3.05, 3.63) is 41.0 Å². The minimum absolute atomic E-state index is 0.0565. The monoisotopic (exact) mass is 255 g/mol. The Morgan fingerprint density at radius 3 is 2.33 bits per heavy atom. The van der Waals surface area contributed by atoms with Crippen molar-refractivity contribution in [1.29, 1.82) is 0 Å². The molecule has 1 aliphatic rings.